The number of carboxylic acids is 1. The summed E-state index contributed by atoms with van der Waals surface area (Å²) in [6.45, 7) is -0.688. The third-order valence-corrected chi connectivity index (χ3v) is 1.06. The lowest BCUT2D eigenvalue weighted by Gasteiger charge is -2.09. The Hall–Kier alpha value is -1.61. The first-order valence-electron chi connectivity index (χ1n) is 3.11. The maximum absolute atomic E-state index is 10.6. The minimum Gasteiger partial charge on any atom is -0.480 e. The molecule has 0 radical (unpaired) electrons. The summed E-state index contributed by atoms with van der Waals surface area (Å²) in [5.41, 5.74) is 0. The molecule has 0 aromatic carbocycles. The lowest BCUT2D eigenvalue weighted by atomic mass is 10.3. The summed E-state index contributed by atoms with van der Waals surface area (Å²) in [5, 5.41) is 26.8. The number of carbonyl (C=O) groups is 2. The first-order valence-corrected chi connectivity index (χ1v) is 3.11. The molecule has 0 saturated heterocycles. The molecule has 66 valence electrons. The van der Waals surface area contributed by atoms with Gasteiger partial charge in [-0.05, 0) is 0 Å². The third-order valence-electron chi connectivity index (χ3n) is 1.06. The average Bonchev–Trinajstić information content (AvgIpc) is 2.00. The number of amides is 1. The van der Waals surface area contributed by atoms with Crippen LogP contribution in [-0.2, 0) is 9.59 Å². The van der Waals surface area contributed by atoms with Crippen molar-refractivity contribution in [2.24, 2.45) is 0 Å². The fourth-order valence-electron chi connectivity index (χ4n) is 0.503. The lowest BCUT2D eigenvalue weighted by Crippen LogP contribution is -2.43. The van der Waals surface area contributed by atoms with Crippen LogP contribution in [0.4, 0.5) is 0 Å². The zero-order chi connectivity index (χ0) is 9.56. The summed E-state index contributed by atoms with van der Waals surface area (Å²) in [4.78, 5) is 20.8. The molecule has 0 unspecified atom stereocenters. The van der Waals surface area contributed by atoms with Gasteiger partial charge in [0.15, 0.2) is 0 Å². The molecule has 6 heteroatoms. The van der Waals surface area contributed by atoms with Crippen molar-refractivity contribution in [2.45, 2.75) is 12.5 Å². The van der Waals surface area contributed by atoms with E-state index in [2.05, 4.69) is 0 Å². The number of hydrogen-bond acceptors (Lipinski definition) is 4. The van der Waals surface area contributed by atoms with E-state index in [9.17, 15) is 9.59 Å². The number of rotatable bonds is 4. The predicted octanol–water partition coefficient (Wildman–Crippen LogP) is -1.54. The van der Waals surface area contributed by atoms with Crippen LogP contribution in [0.15, 0.2) is 0 Å². The molecule has 3 N–H and O–H groups in total. The zero-order valence-corrected chi connectivity index (χ0v) is 6.15. The molecule has 0 aliphatic rings. The molecule has 0 aliphatic heterocycles. The summed E-state index contributed by atoms with van der Waals surface area (Å²) in [5.74, 6) is -2.04. The molecule has 0 heterocycles. The Morgan fingerprint density at radius 3 is 2.50 bits per heavy atom. The summed E-state index contributed by atoms with van der Waals surface area (Å²) in [6, 6.07) is 0.221. The van der Waals surface area contributed by atoms with Crippen LogP contribution in [0.3, 0.4) is 0 Å². The SMILES string of the molecule is N#CCC(=O)N[C@@H](CO)C(=O)O. The molecule has 0 aromatic rings. The van der Waals surface area contributed by atoms with Gasteiger partial charge in [0.25, 0.3) is 0 Å². The van der Waals surface area contributed by atoms with E-state index < -0.39 is 30.9 Å². The normalized spacial score (nSPS) is 11.3. The highest BCUT2D eigenvalue weighted by Crippen LogP contribution is 1.84. The first-order chi connectivity index (χ1) is 5.61. The highest BCUT2D eigenvalue weighted by molar-refractivity contribution is 5.84. The number of aliphatic carboxylic acids is 1. The fraction of sp³-hybridized carbons (Fsp3) is 0.500. The number of nitriles is 1. The third kappa shape index (κ3) is 3.53. The van der Waals surface area contributed by atoms with Gasteiger partial charge in [0.2, 0.25) is 5.91 Å². The van der Waals surface area contributed by atoms with Crippen molar-refractivity contribution in [1.29, 1.82) is 5.26 Å². The maximum Gasteiger partial charge on any atom is 0.328 e. The molecule has 0 bridgehead atoms. The van der Waals surface area contributed by atoms with Crippen molar-refractivity contribution >= 4 is 11.9 Å². The Balaban J connectivity index is 3.96. The lowest BCUT2D eigenvalue weighted by molar-refractivity contribution is -0.142. The second kappa shape index (κ2) is 5.09. The van der Waals surface area contributed by atoms with Crippen LogP contribution in [0, 0.1) is 11.3 Å². The van der Waals surface area contributed by atoms with Gasteiger partial charge in [-0.2, -0.15) is 5.26 Å². The predicted molar refractivity (Wildman–Crippen MR) is 36.9 cm³/mol. The average molecular weight is 172 g/mol. The van der Waals surface area contributed by atoms with Crippen molar-refractivity contribution in [3.8, 4) is 6.07 Å². The molecule has 6 nitrogen and oxygen atoms in total. The largest absolute Gasteiger partial charge is 0.480 e. The molecule has 1 amide bonds. The highest BCUT2D eigenvalue weighted by Gasteiger charge is 2.17. The van der Waals surface area contributed by atoms with E-state index in [1.165, 1.54) is 0 Å². The Morgan fingerprint density at radius 1 is 1.58 bits per heavy atom. The van der Waals surface area contributed by atoms with Crippen molar-refractivity contribution in [1.82, 2.24) is 5.32 Å². The number of hydrogen-bond donors (Lipinski definition) is 3. The number of nitrogens with one attached hydrogen (secondary N) is 1. The maximum atomic E-state index is 10.6. The molecule has 1 atom stereocenters. The van der Waals surface area contributed by atoms with E-state index in [0.717, 1.165) is 0 Å². The molecule has 12 heavy (non-hydrogen) atoms. The number of carbonyl (C=O) groups excluding carboxylic acids is 1. The molecule has 0 spiro atoms. The monoisotopic (exact) mass is 172 g/mol. The van der Waals surface area contributed by atoms with Gasteiger partial charge in [-0.3, -0.25) is 4.79 Å². The van der Waals surface area contributed by atoms with Crippen molar-refractivity contribution in [2.75, 3.05) is 6.61 Å². The van der Waals surface area contributed by atoms with Gasteiger partial charge < -0.3 is 15.5 Å². The van der Waals surface area contributed by atoms with E-state index in [-0.39, 0.29) is 0 Å². The highest BCUT2D eigenvalue weighted by atomic mass is 16.4. The van der Waals surface area contributed by atoms with Crippen LogP contribution in [0.2, 0.25) is 0 Å². The standard InChI is InChI=1S/C6H8N2O4/c7-2-1-5(10)8-4(3-9)6(11)12/h4,9H,1,3H2,(H,8,10)(H,11,12)/t4-/m0/s1. The van der Waals surface area contributed by atoms with Crippen LogP contribution >= 0.6 is 0 Å². The summed E-state index contributed by atoms with van der Waals surface area (Å²) < 4.78 is 0. The minimum absolute atomic E-state index is 0.413. The van der Waals surface area contributed by atoms with Crippen LogP contribution in [-0.4, -0.2) is 34.7 Å². The van der Waals surface area contributed by atoms with Gasteiger partial charge in [0, 0.05) is 0 Å². The second-order valence-electron chi connectivity index (χ2n) is 1.98. The van der Waals surface area contributed by atoms with E-state index in [1.54, 1.807) is 6.07 Å². The summed E-state index contributed by atoms with van der Waals surface area (Å²) >= 11 is 0. The van der Waals surface area contributed by atoms with Crippen LogP contribution in [0.25, 0.3) is 0 Å². The Morgan fingerprint density at radius 2 is 2.17 bits per heavy atom. The van der Waals surface area contributed by atoms with Gasteiger partial charge in [-0.25, -0.2) is 4.79 Å². The summed E-state index contributed by atoms with van der Waals surface area (Å²) in [6.07, 6.45) is -0.413. The topological polar surface area (TPSA) is 110 Å². The van der Waals surface area contributed by atoms with Crippen molar-refractivity contribution < 1.29 is 19.8 Å². The Labute approximate surface area is 68.4 Å². The first kappa shape index (κ1) is 10.4. The fourth-order valence-corrected chi connectivity index (χ4v) is 0.503. The van der Waals surface area contributed by atoms with Gasteiger partial charge in [0.1, 0.15) is 12.5 Å². The molecule has 0 rings (SSSR count). The van der Waals surface area contributed by atoms with Crippen LogP contribution in [0.5, 0.6) is 0 Å². The number of carboxylic acid groups (broad SMARTS) is 1. The molecule has 0 fully saturated rings. The van der Waals surface area contributed by atoms with Crippen molar-refractivity contribution in [3.63, 3.8) is 0 Å². The van der Waals surface area contributed by atoms with Gasteiger partial charge >= 0.3 is 5.97 Å². The molecular formula is C6H8N2O4. The Kier molecular flexibility index (Phi) is 4.41. The quantitative estimate of drug-likeness (QED) is 0.476. The smallest absolute Gasteiger partial charge is 0.328 e. The van der Waals surface area contributed by atoms with Crippen molar-refractivity contribution in [3.05, 3.63) is 0 Å². The van der Waals surface area contributed by atoms with E-state index in [0.29, 0.717) is 0 Å². The van der Waals surface area contributed by atoms with E-state index in [4.69, 9.17) is 15.5 Å². The van der Waals surface area contributed by atoms with Gasteiger partial charge in [-0.15, -0.1) is 0 Å². The second-order valence-corrected chi connectivity index (χ2v) is 1.98. The molecule has 0 aliphatic carbocycles. The number of aliphatic hydroxyl groups excluding tert-OH is 1. The minimum atomic E-state index is -1.33. The van der Waals surface area contributed by atoms with Gasteiger partial charge in [0.05, 0.1) is 12.7 Å². The Bertz CT molecular complexity index is 220. The van der Waals surface area contributed by atoms with E-state index in [1.807, 2.05) is 5.32 Å². The molecular weight excluding hydrogens is 164 g/mol. The van der Waals surface area contributed by atoms with Gasteiger partial charge in [-0.1, -0.05) is 0 Å². The molecule has 0 saturated carbocycles. The number of aliphatic hydroxyl groups is 1. The van der Waals surface area contributed by atoms with Crippen LogP contribution in [0.1, 0.15) is 6.42 Å². The number of nitrogens with zero attached hydrogens (tertiary/aromatic N) is 1. The summed E-state index contributed by atoms with van der Waals surface area (Å²) in [7, 11) is 0. The zero-order valence-electron chi connectivity index (χ0n) is 6.15. The van der Waals surface area contributed by atoms with Crippen LogP contribution < -0.4 is 5.32 Å². The molecule has 0 aromatic heterocycles. The van der Waals surface area contributed by atoms with E-state index >= 15 is 0 Å².